The first-order valence-corrected chi connectivity index (χ1v) is 12.9. The zero-order chi connectivity index (χ0) is 22.8. The number of hydrogen-bond donors (Lipinski definition) is 0. The molecule has 0 N–H and O–H groups in total. The summed E-state index contributed by atoms with van der Waals surface area (Å²) in [6, 6.07) is 13.2. The van der Waals surface area contributed by atoms with Crippen molar-refractivity contribution >= 4 is 21.5 Å². The molecular weight excluding hydrogens is 392 g/mol. The molecule has 0 aliphatic heterocycles. The molecule has 0 amide bonds. The minimum absolute atomic E-state index is 0.771. The maximum absolute atomic E-state index is 6.48. The smallest absolute Gasteiger partial charge is 0.135 e. The highest BCUT2D eigenvalue weighted by Gasteiger charge is 2.17. The van der Waals surface area contributed by atoms with E-state index in [4.69, 9.17) is 9.47 Å². The number of fused-ring (bicyclic) bond motifs is 2. The molecule has 0 aromatic heterocycles. The summed E-state index contributed by atoms with van der Waals surface area (Å²) >= 11 is 0. The number of unbranched alkanes of at least 4 members (excludes halogenated alkanes) is 8. The van der Waals surface area contributed by atoms with Crippen molar-refractivity contribution in [2.75, 3.05) is 13.2 Å². The van der Waals surface area contributed by atoms with Gasteiger partial charge in [0, 0.05) is 21.5 Å². The Labute approximate surface area is 195 Å². The largest absolute Gasteiger partial charge is 0.492 e. The first-order valence-electron chi connectivity index (χ1n) is 12.9. The lowest BCUT2D eigenvalue weighted by Crippen LogP contribution is -2.03. The predicted octanol–water partition coefficient (Wildman–Crippen LogP) is 9.31. The number of ether oxygens (including phenoxy) is 2. The summed E-state index contributed by atoms with van der Waals surface area (Å²) in [6.07, 6.45) is 12.5. The minimum Gasteiger partial charge on any atom is -0.492 e. The van der Waals surface area contributed by atoms with Gasteiger partial charge < -0.3 is 9.47 Å². The minimum atomic E-state index is 0.771. The van der Waals surface area contributed by atoms with Crippen LogP contribution in [0.5, 0.6) is 11.5 Å². The van der Waals surface area contributed by atoms with Gasteiger partial charge in [0.25, 0.3) is 0 Å². The molecule has 0 unspecified atom stereocenters. The quantitative estimate of drug-likeness (QED) is 0.186. The lowest BCUT2D eigenvalue weighted by atomic mass is 9.96. The molecular formula is C30H42O2. The monoisotopic (exact) mass is 434 g/mol. The third-order valence-electron chi connectivity index (χ3n) is 6.53. The lowest BCUT2D eigenvalue weighted by Gasteiger charge is -2.19. The van der Waals surface area contributed by atoms with Gasteiger partial charge in [0.1, 0.15) is 11.5 Å². The van der Waals surface area contributed by atoms with E-state index in [-0.39, 0.29) is 0 Å². The molecule has 3 rings (SSSR count). The summed E-state index contributed by atoms with van der Waals surface area (Å²) in [5, 5.41) is 4.69. The number of rotatable bonds is 14. The van der Waals surface area contributed by atoms with Crippen molar-refractivity contribution in [2.24, 2.45) is 0 Å². The van der Waals surface area contributed by atoms with Gasteiger partial charge in [-0.25, -0.2) is 0 Å². The second-order valence-electron chi connectivity index (χ2n) is 9.21. The summed E-state index contributed by atoms with van der Waals surface area (Å²) in [4.78, 5) is 0. The number of aryl methyl sites for hydroxylation is 2. The molecule has 0 aliphatic carbocycles. The Morgan fingerprint density at radius 1 is 0.531 bits per heavy atom. The topological polar surface area (TPSA) is 18.5 Å². The molecule has 0 bridgehead atoms. The Morgan fingerprint density at radius 2 is 0.938 bits per heavy atom. The molecule has 32 heavy (non-hydrogen) atoms. The van der Waals surface area contributed by atoms with E-state index in [2.05, 4.69) is 64.1 Å². The third-order valence-corrected chi connectivity index (χ3v) is 6.53. The van der Waals surface area contributed by atoms with Gasteiger partial charge in [0.2, 0.25) is 0 Å². The van der Waals surface area contributed by atoms with Gasteiger partial charge in [0.15, 0.2) is 0 Å². The normalized spacial score (nSPS) is 11.4. The molecule has 2 nitrogen and oxygen atoms in total. The van der Waals surface area contributed by atoms with Crippen LogP contribution in [0, 0.1) is 13.8 Å². The van der Waals surface area contributed by atoms with Crippen molar-refractivity contribution < 1.29 is 9.47 Å². The third kappa shape index (κ3) is 6.18. The molecule has 0 aliphatic rings. The van der Waals surface area contributed by atoms with Gasteiger partial charge in [-0.15, -0.1) is 0 Å². The van der Waals surface area contributed by atoms with Gasteiger partial charge in [0.05, 0.1) is 13.2 Å². The summed E-state index contributed by atoms with van der Waals surface area (Å²) in [6.45, 7) is 10.4. The van der Waals surface area contributed by atoms with Crippen LogP contribution in [0.3, 0.4) is 0 Å². The molecule has 174 valence electrons. The molecule has 2 heteroatoms. The average molecular weight is 435 g/mol. The van der Waals surface area contributed by atoms with E-state index >= 15 is 0 Å². The molecule has 0 spiro atoms. The highest BCUT2D eigenvalue weighted by Crippen LogP contribution is 2.43. The van der Waals surface area contributed by atoms with E-state index in [1.165, 1.54) is 73.3 Å². The van der Waals surface area contributed by atoms with Crippen LogP contribution in [0.4, 0.5) is 0 Å². The first kappa shape index (κ1) is 24.4. The van der Waals surface area contributed by atoms with Crippen molar-refractivity contribution in [3.05, 3.63) is 47.5 Å². The highest BCUT2D eigenvalue weighted by molar-refractivity contribution is 6.11. The SMILES string of the molecule is CCCCCCCOc1c2ccccc2c(OCCCCCCC)c2cc(C)c(C)cc12. The van der Waals surface area contributed by atoms with Crippen molar-refractivity contribution in [1.29, 1.82) is 0 Å². The molecule has 3 aromatic rings. The first-order chi connectivity index (χ1) is 15.7. The predicted molar refractivity (Wildman–Crippen MR) is 139 cm³/mol. The molecule has 3 aromatic carbocycles. The summed E-state index contributed by atoms with van der Waals surface area (Å²) in [5.74, 6) is 2.04. The van der Waals surface area contributed by atoms with E-state index < -0.39 is 0 Å². The van der Waals surface area contributed by atoms with Crippen LogP contribution in [0.15, 0.2) is 36.4 Å². The van der Waals surface area contributed by atoms with Crippen LogP contribution in [0.2, 0.25) is 0 Å². The van der Waals surface area contributed by atoms with Crippen molar-refractivity contribution in [3.63, 3.8) is 0 Å². The highest BCUT2D eigenvalue weighted by atomic mass is 16.5. The fourth-order valence-electron chi connectivity index (χ4n) is 4.43. The number of benzene rings is 3. The van der Waals surface area contributed by atoms with E-state index in [0.29, 0.717) is 0 Å². The van der Waals surface area contributed by atoms with E-state index in [1.54, 1.807) is 0 Å². The van der Waals surface area contributed by atoms with Gasteiger partial charge in [-0.2, -0.15) is 0 Å². The molecule has 0 heterocycles. The zero-order valence-corrected chi connectivity index (χ0v) is 20.8. The second-order valence-corrected chi connectivity index (χ2v) is 9.21. The van der Waals surface area contributed by atoms with Crippen LogP contribution in [-0.2, 0) is 0 Å². The molecule has 0 fully saturated rings. The van der Waals surface area contributed by atoms with Crippen molar-refractivity contribution in [1.82, 2.24) is 0 Å². The summed E-state index contributed by atoms with van der Waals surface area (Å²) < 4.78 is 13.0. The van der Waals surface area contributed by atoms with E-state index in [9.17, 15) is 0 Å². The van der Waals surface area contributed by atoms with Crippen LogP contribution in [0.1, 0.15) is 89.2 Å². The Bertz CT molecular complexity index is 909. The van der Waals surface area contributed by atoms with Gasteiger partial charge in [-0.1, -0.05) is 89.5 Å². The summed E-state index contributed by atoms with van der Waals surface area (Å²) in [5.41, 5.74) is 2.59. The average Bonchev–Trinajstić information content (AvgIpc) is 2.80. The van der Waals surface area contributed by atoms with Crippen LogP contribution in [-0.4, -0.2) is 13.2 Å². The molecule has 0 saturated carbocycles. The molecule has 0 atom stereocenters. The zero-order valence-electron chi connectivity index (χ0n) is 20.8. The fourth-order valence-corrected chi connectivity index (χ4v) is 4.43. The lowest BCUT2D eigenvalue weighted by molar-refractivity contribution is 0.306. The van der Waals surface area contributed by atoms with Crippen LogP contribution in [0.25, 0.3) is 21.5 Å². The van der Waals surface area contributed by atoms with Crippen molar-refractivity contribution in [3.8, 4) is 11.5 Å². The standard InChI is InChI=1S/C30H42O2/c1-5-7-9-11-15-19-31-29-25-17-13-14-18-26(25)30(32-20-16-12-10-8-6-2)28-22-24(4)23(3)21-27(28)29/h13-14,17-18,21-22H,5-12,15-16,19-20H2,1-4H3. The van der Waals surface area contributed by atoms with Gasteiger partial charge in [-0.3, -0.25) is 0 Å². The van der Waals surface area contributed by atoms with E-state index in [0.717, 1.165) is 48.3 Å². The van der Waals surface area contributed by atoms with Gasteiger partial charge in [-0.05, 0) is 49.9 Å². The van der Waals surface area contributed by atoms with Gasteiger partial charge >= 0.3 is 0 Å². The molecule has 0 radical (unpaired) electrons. The molecule has 0 saturated heterocycles. The maximum Gasteiger partial charge on any atom is 0.135 e. The summed E-state index contributed by atoms with van der Waals surface area (Å²) in [7, 11) is 0. The Hall–Kier alpha value is -2.22. The van der Waals surface area contributed by atoms with Crippen molar-refractivity contribution in [2.45, 2.75) is 91.9 Å². The Balaban J connectivity index is 1.91. The van der Waals surface area contributed by atoms with E-state index in [1.807, 2.05) is 0 Å². The Morgan fingerprint density at radius 3 is 1.34 bits per heavy atom. The Kier molecular flexibility index (Phi) is 9.71. The second kappa shape index (κ2) is 12.7. The maximum atomic E-state index is 6.48. The van der Waals surface area contributed by atoms with Crippen LogP contribution >= 0.6 is 0 Å². The number of hydrogen-bond acceptors (Lipinski definition) is 2. The fraction of sp³-hybridized carbons (Fsp3) is 0.533. The van der Waals surface area contributed by atoms with Crippen LogP contribution < -0.4 is 9.47 Å².